The Bertz CT molecular complexity index is 1070. The SMILES string of the molecule is CC(=O)N(c1nnc(SCC(=O)c2cc(C)n(Cc3ccccc3)c2C)s1)C1CC1. The predicted molar refractivity (Wildman–Crippen MR) is 121 cm³/mol. The van der Waals surface area contributed by atoms with Gasteiger partial charge in [0.1, 0.15) is 0 Å². The number of amides is 1. The van der Waals surface area contributed by atoms with Gasteiger partial charge in [-0.3, -0.25) is 14.5 Å². The van der Waals surface area contributed by atoms with Crippen molar-refractivity contribution >= 4 is 39.9 Å². The topological polar surface area (TPSA) is 68.1 Å². The van der Waals surface area contributed by atoms with Crippen LogP contribution in [0.5, 0.6) is 0 Å². The molecule has 0 saturated heterocycles. The summed E-state index contributed by atoms with van der Waals surface area (Å²) < 4.78 is 2.89. The van der Waals surface area contributed by atoms with Crippen molar-refractivity contribution in [2.75, 3.05) is 10.7 Å². The highest BCUT2D eigenvalue weighted by Gasteiger charge is 2.34. The van der Waals surface area contributed by atoms with E-state index in [1.807, 2.05) is 38.1 Å². The first-order chi connectivity index (χ1) is 14.4. The van der Waals surface area contributed by atoms with Crippen LogP contribution < -0.4 is 4.90 Å². The molecule has 0 unspecified atom stereocenters. The number of ketones is 1. The number of hydrogen-bond acceptors (Lipinski definition) is 6. The zero-order chi connectivity index (χ0) is 21.3. The molecule has 0 aliphatic heterocycles. The Morgan fingerprint density at radius 2 is 1.93 bits per heavy atom. The Hall–Kier alpha value is -2.45. The van der Waals surface area contributed by atoms with Crippen molar-refractivity contribution in [2.45, 2.75) is 50.5 Å². The molecule has 1 aliphatic carbocycles. The fourth-order valence-electron chi connectivity index (χ4n) is 3.54. The molecule has 2 heterocycles. The van der Waals surface area contributed by atoms with Crippen LogP contribution in [-0.4, -0.2) is 38.2 Å². The standard InChI is InChI=1S/C22H24N4O2S2/c1-14-11-19(15(2)25(14)12-17-7-5-4-6-8-17)20(28)13-29-22-24-23-21(30-22)26(16(3)27)18-9-10-18/h4-8,11,18H,9-10,12-13H2,1-3H3. The average molecular weight is 441 g/mol. The minimum Gasteiger partial charge on any atom is -0.344 e. The number of carbonyl (C=O) groups excluding carboxylic acids is 2. The summed E-state index contributed by atoms with van der Waals surface area (Å²) in [4.78, 5) is 26.5. The minimum atomic E-state index is -0.00728. The fourth-order valence-corrected chi connectivity index (χ4v) is 5.38. The number of aryl methyl sites for hydroxylation is 1. The molecule has 0 bridgehead atoms. The third-order valence-corrected chi connectivity index (χ3v) is 7.29. The second-order valence-electron chi connectivity index (χ2n) is 7.54. The van der Waals surface area contributed by atoms with E-state index in [1.165, 1.54) is 28.7 Å². The van der Waals surface area contributed by atoms with E-state index in [2.05, 4.69) is 26.9 Å². The molecule has 6 nitrogen and oxygen atoms in total. The van der Waals surface area contributed by atoms with Gasteiger partial charge in [-0.05, 0) is 38.3 Å². The molecule has 4 rings (SSSR count). The lowest BCUT2D eigenvalue weighted by Crippen LogP contribution is -2.30. The summed E-state index contributed by atoms with van der Waals surface area (Å²) in [5.74, 6) is 0.371. The second-order valence-corrected chi connectivity index (χ2v) is 9.72. The number of aromatic nitrogens is 3. The lowest BCUT2D eigenvalue weighted by atomic mass is 10.2. The highest BCUT2D eigenvalue weighted by Crippen LogP contribution is 2.36. The van der Waals surface area contributed by atoms with Crippen LogP contribution in [0.25, 0.3) is 0 Å². The number of nitrogens with zero attached hydrogens (tertiary/aromatic N) is 4. The molecule has 1 saturated carbocycles. The Morgan fingerprint density at radius 1 is 1.20 bits per heavy atom. The summed E-state index contributed by atoms with van der Waals surface area (Å²) in [6.45, 7) is 6.34. The number of Topliss-reactive ketones (excluding diaryl/α,β-unsaturated/α-hetero) is 1. The molecule has 2 aromatic heterocycles. The first-order valence-electron chi connectivity index (χ1n) is 9.94. The van der Waals surface area contributed by atoms with Crippen LogP contribution in [-0.2, 0) is 11.3 Å². The Kier molecular flexibility index (Phi) is 6.06. The number of rotatable bonds is 8. The van der Waals surface area contributed by atoms with Crippen LogP contribution in [0, 0.1) is 13.8 Å². The predicted octanol–water partition coefficient (Wildman–Crippen LogP) is 4.50. The molecule has 1 aliphatic rings. The molecule has 0 radical (unpaired) electrons. The van der Waals surface area contributed by atoms with Crippen LogP contribution in [0.4, 0.5) is 5.13 Å². The van der Waals surface area contributed by atoms with E-state index < -0.39 is 0 Å². The van der Waals surface area contributed by atoms with Crippen LogP contribution >= 0.6 is 23.1 Å². The van der Waals surface area contributed by atoms with E-state index in [0.29, 0.717) is 15.2 Å². The molecule has 156 valence electrons. The van der Waals surface area contributed by atoms with E-state index in [0.717, 1.165) is 36.3 Å². The Labute approximate surface area is 184 Å². The highest BCUT2D eigenvalue weighted by atomic mass is 32.2. The van der Waals surface area contributed by atoms with Gasteiger partial charge in [0, 0.05) is 36.5 Å². The number of benzene rings is 1. The van der Waals surface area contributed by atoms with Gasteiger partial charge in [0.25, 0.3) is 0 Å². The maximum absolute atomic E-state index is 12.9. The number of anilines is 1. The largest absolute Gasteiger partial charge is 0.344 e. The summed E-state index contributed by atoms with van der Waals surface area (Å²) in [6, 6.07) is 12.5. The highest BCUT2D eigenvalue weighted by molar-refractivity contribution is 8.01. The molecule has 1 fully saturated rings. The lowest BCUT2D eigenvalue weighted by Gasteiger charge is -2.15. The van der Waals surface area contributed by atoms with Crippen LogP contribution in [0.1, 0.15) is 47.1 Å². The monoisotopic (exact) mass is 440 g/mol. The van der Waals surface area contributed by atoms with E-state index in [-0.39, 0.29) is 17.7 Å². The van der Waals surface area contributed by atoms with Crippen molar-refractivity contribution in [1.29, 1.82) is 0 Å². The first-order valence-corrected chi connectivity index (χ1v) is 11.7. The Balaban J connectivity index is 1.42. The zero-order valence-electron chi connectivity index (χ0n) is 17.3. The van der Waals surface area contributed by atoms with Gasteiger partial charge in [-0.2, -0.15) is 0 Å². The Morgan fingerprint density at radius 3 is 2.60 bits per heavy atom. The third-order valence-electron chi connectivity index (χ3n) is 5.24. The molecule has 30 heavy (non-hydrogen) atoms. The van der Waals surface area contributed by atoms with Crippen molar-refractivity contribution in [3.63, 3.8) is 0 Å². The van der Waals surface area contributed by atoms with Crippen molar-refractivity contribution in [1.82, 2.24) is 14.8 Å². The van der Waals surface area contributed by atoms with E-state index >= 15 is 0 Å². The average Bonchev–Trinajstić information content (AvgIpc) is 3.38. The number of hydrogen-bond donors (Lipinski definition) is 0. The molecular formula is C22H24N4O2S2. The van der Waals surface area contributed by atoms with Gasteiger partial charge < -0.3 is 4.57 Å². The molecular weight excluding hydrogens is 416 g/mol. The van der Waals surface area contributed by atoms with Crippen molar-refractivity contribution in [3.05, 3.63) is 58.9 Å². The first kappa shape index (κ1) is 20.8. The minimum absolute atomic E-state index is 0.00728. The van der Waals surface area contributed by atoms with Gasteiger partial charge in [-0.1, -0.05) is 53.4 Å². The summed E-state index contributed by atoms with van der Waals surface area (Å²) in [7, 11) is 0. The summed E-state index contributed by atoms with van der Waals surface area (Å²) >= 11 is 2.76. The fraction of sp³-hybridized carbons (Fsp3) is 0.364. The molecule has 0 atom stereocenters. The summed E-state index contributed by atoms with van der Waals surface area (Å²) in [5, 5.41) is 8.97. The van der Waals surface area contributed by atoms with Crippen LogP contribution in [0.15, 0.2) is 40.7 Å². The summed E-state index contributed by atoms with van der Waals surface area (Å²) in [6.07, 6.45) is 2.03. The van der Waals surface area contributed by atoms with E-state index in [9.17, 15) is 9.59 Å². The van der Waals surface area contributed by atoms with Gasteiger partial charge in [0.05, 0.1) is 5.75 Å². The second kappa shape index (κ2) is 8.73. The van der Waals surface area contributed by atoms with Gasteiger partial charge in [-0.15, -0.1) is 10.2 Å². The molecule has 1 aromatic carbocycles. The maximum Gasteiger partial charge on any atom is 0.225 e. The smallest absolute Gasteiger partial charge is 0.225 e. The van der Waals surface area contributed by atoms with Gasteiger partial charge in [-0.25, -0.2) is 0 Å². The van der Waals surface area contributed by atoms with Crippen molar-refractivity contribution < 1.29 is 9.59 Å². The van der Waals surface area contributed by atoms with Crippen molar-refractivity contribution in [3.8, 4) is 0 Å². The van der Waals surface area contributed by atoms with Crippen LogP contribution in [0.2, 0.25) is 0 Å². The molecule has 3 aromatic rings. The van der Waals surface area contributed by atoms with Crippen molar-refractivity contribution in [2.24, 2.45) is 0 Å². The van der Waals surface area contributed by atoms with E-state index in [4.69, 9.17) is 0 Å². The number of thioether (sulfide) groups is 1. The number of carbonyl (C=O) groups is 2. The summed E-state index contributed by atoms with van der Waals surface area (Å²) in [5.41, 5.74) is 4.02. The van der Waals surface area contributed by atoms with Gasteiger partial charge >= 0.3 is 0 Å². The molecule has 8 heteroatoms. The van der Waals surface area contributed by atoms with Gasteiger partial charge in [0.2, 0.25) is 11.0 Å². The molecule has 0 N–H and O–H groups in total. The van der Waals surface area contributed by atoms with E-state index in [1.54, 1.807) is 11.8 Å². The lowest BCUT2D eigenvalue weighted by molar-refractivity contribution is -0.116. The van der Waals surface area contributed by atoms with Crippen LogP contribution in [0.3, 0.4) is 0 Å². The molecule has 0 spiro atoms. The van der Waals surface area contributed by atoms with Gasteiger partial charge in [0.15, 0.2) is 10.1 Å². The maximum atomic E-state index is 12.9. The normalized spacial score (nSPS) is 13.4. The molecule has 1 amide bonds. The quantitative estimate of drug-likeness (QED) is 0.293. The zero-order valence-corrected chi connectivity index (χ0v) is 18.9. The third kappa shape index (κ3) is 4.49.